The molecule has 2 heterocycles. The lowest BCUT2D eigenvalue weighted by Gasteiger charge is -2.37. The van der Waals surface area contributed by atoms with Crippen LogP contribution >= 0.6 is 0 Å². The maximum Gasteiger partial charge on any atom is 0.416 e. The van der Waals surface area contributed by atoms with Gasteiger partial charge in [0.25, 0.3) is 0 Å². The van der Waals surface area contributed by atoms with Gasteiger partial charge in [0.2, 0.25) is 5.91 Å². The van der Waals surface area contributed by atoms with E-state index < -0.39 is 11.7 Å². The molecule has 2 aliphatic rings. The quantitative estimate of drug-likeness (QED) is 0.422. The molecule has 0 saturated carbocycles. The fourth-order valence-corrected chi connectivity index (χ4v) is 5.86. The number of ether oxygens (including phenoxy) is 3. The standard InChI is InChI=1S/C30H40F3N3O4/c1-4-36-12-6-8-25(36)16-34-29(37)23-13-22(20-40-26-9-5-7-24(15-26)30(31,32)33)18-35(19-23)17-21-10-11-27(38-2)28(14-21)39-3/h5,7,9-11,14-15,22-23,25H,4,6,8,12-13,16-20H2,1-3H3,(H,34,37)/t22-,23+,25?/m0/s1. The number of hydrogen-bond acceptors (Lipinski definition) is 6. The van der Waals surface area contributed by atoms with Crippen molar-refractivity contribution in [2.24, 2.45) is 11.8 Å². The predicted molar refractivity (Wildman–Crippen MR) is 147 cm³/mol. The van der Waals surface area contributed by atoms with E-state index in [0.29, 0.717) is 50.1 Å². The summed E-state index contributed by atoms with van der Waals surface area (Å²) in [5.41, 5.74) is 0.273. The normalized spacial score (nSPS) is 22.2. The Morgan fingerprint density at radius 3 is 2.60 bits per heavy atom. The Bertz CT molecular complexity index is 1130. The Balaban J connectivity index is 1.44. The van der Waals surface area contributed by atoms with Crippen LogP contribution in [0.5, 0.6) is 17.2 Å². The SMILES string of the molecule is CCN1CCCC1CNC(=O)[C@@H]1C[C@H](COc2cccc(C(F)(F)F)c2)CN(Cc2ccc(OC)c(OC)c2)C1. The summed E-state index contributed by atoms with van der Waals surface area (Å²) in [7, 11) is 3.18. The van der Waals surface area contributed by atoms with E-state index in [1.165, 1.54) is 12.1 Å². The van der Waals surface area contributed by atoms with Crippen LogP contribution in [0.3, 0.4) is 0 Å². The first kappa shape index (κ1) is 30.0. The number of halogens is 3. The fourth-order valence-electron chi connectivity index (χ4n) is 5.86. The van der Waals surface area contributed by atoms with Gasteiger partial charge in [-0.05, 0) is 68.2 Å². The molecule has 220 valence electrons. The molecule has 1 N–H and O–H groups in total. The first-order valence-corrected chi connectivity index (χ1v) is 13.9. The van der Waals surface area contributed by atoms with Crippen LogP contribution in [-0.2, 0) is 17.5 Å². The summed E-state index contributed by atoms with van der Waals surface area (Å²) in [6.45, 7) is 6.86. The summed E-state index contributed by atoms with van der Waals surface area (Å²) in [4.78, 5) is 18.0. The van der Waals surface area contributed by atoms with E-state index in [0.717, 1.165) is 43.6 Å². The van der Waals surface area contributed by atoms with E-state index in [1.807, 2.05) is 18.2 Å². The molecule has 2 aromatic rings. The van der Waals surface area contributed by atoms with Gasteiger partial charge in [-0.3, -0.25) is 14.6 Å². The molecule has 7 nitrogen and oxygen atoms in total. The topological polar surface area (TPSA) is 63.3 Å². The number of likely N-dealkylation sites (N-methyl/N-ethyl adjacent to an activating group) is 1. The maximum absolute atomic E-state index is 13.3. The largest absolute Gasteiger partial charge is 0.493 e. The first-order valence-electron chi connectivity index (χ1n) is 13.9. The second kappa shape index (κ2) is 13.6. The van der Waals surface area contributed by atoms with Gasteiger partial charge < -0.3 is 19.5 Å². The predicted octanol–water partition coefficient (Wildman–Crippen LogP) is 4.84. The first-order chi connectivity index (χ1) is 19.2. The van der Waals surface area contributed by atoms with Gasteiger partial charge in [-0.1, -0.05) is 19.1 Å². The van der Waals surface area contributed by atoms with Crippen LogP contribution < -0.4 is 19.5 Å². The molecule has 2 saturated heterocycles. The molecule has 0 radical (unpaired) electrons. The second-order valence-corrected chi connectivity index (χ2v) is 10.7. The number of piperidine rings is 1. The molecule has 1 amide bonds. The minimum Gasteiger partial charge on any atom is -0.493 e. The number of hydrogen-bond donors (Lipinski definition) is 1. The molecule has 10 heteroatoms. The van der Waals surface area contributed by atoms with Crippen molar-refractivity contribution in [1.29, 1.82) is 0 Å². The maximum atomic E-state index is 13.3. The molecule has 0 spiro atoms. The minimum absolute atomic E-state index is 0.0176. The lowest BCUT2D eigenvalue weighted by atomic mass is 9.88. The Kier molecular flexibility index (Phi) is 10.2. The van der Waals surface area contributed by atoms with Crippen LogP contribution in [0.25, 0.3) is 0 Å². The van der Waals surface area contributed by atoms with Crippen molar-refractivity contribution >= 4 is 5.91 Å². The fraction of sp³-hybridized carbons (Fsp3) is 0.567. The number of benzene rings is 2. The lowest BCUT2D eigenvalue weighted by Crippen LogP contribution is -2.49. The summed E-state index contributed by atoms with van der Waals surface area (Å²) < 4.78 is 56.2. The van der Waals surface area contributed by atoms with Crippen molar-refractivity contribution in [3.63, 3.8) is 0 Å². The smallest absolute Gasteiger partial charge is 0.416 e. The molecule has 0 bridgehead atoms. The summed E-state index contributed by atoms with van der Waals surface area (Å²) >= 11 is 0. The molecule has 2 aromatic carbocycles. The third-order valence-electron chi connectivity index (χ3n) is 7.90. The van der Waals surface area contributed by atoms with E-state index in [-0.39, 0.29) is 30.1 Å². The number of likely N-dealkylation sites (tertiary alicyclic amines) is 2. The molecule has 1 unspecified atom stereocenters. The Hall–Kier alpha value is -2.98. The van der Waals surface area contributed by atoms with Crippen molar-refractivity contribution in [2.75, 3.05) is 53.6 Å². The van der Waals surface area contributed by atoms with Crippen molar-refractivity contribution in [3.05, 3.63) is 53.6 Å². The third kappa shape index (κ3) is 7.81. The highest BCUT2D eigenvalue weighted by molar-refractivity contribution is 5.79. The van der Waals surface area contributed by atoms with Gasteiger partial charge in [0.15, 0.2) is 11.5 Å². The van der Waals surface area contributed by atoms with Gasteiger partial charge >= 0.3 is 6.18 Å². The molecule has 0 aromatic heterocycles. The van der Waals surface area contributed by atoms with Gasteiger partial charge in [-0.25, -0.2) is 0 Å². The molecule has 40 heavy (non-hydrogen) atoms. The van der Waals surface area contributed by atoms with Gasteiger partial charge in [-0.2, -0.15) is 13.2 Å². The number of amides is 1. The van der Waals surface area contributed by atoms with Crippen LogP contribution in [0.2, 0.25) is 0 Å². The monoisotopic (exact) mass is 563 g/mol. The van der Waals surface area contributed by atoms with E-state index in [2.05, 4.69) is 22.0 Å². The summed E-state index contributed by atoms with van der Waals surface area (Å²) in [6, 6.07) is 11.1. The van der Waals surface area contributed by atoms with Crippen LogP contribution in [0.15, 0.2) is 42.5 Å². The van der Waals surface area contributed by atoms with E-state index in [4.69, 9.17) is 14.2 Å². The number of rotatable bonds is 11. The van der Waals surface area contributed by atoms with Gasteiger partial charge in [0, 0.05) is 38.1 Å². The Labute approximate surface area is 234 Å². The van der Waals surface area contributed by atoms with Crippen LogP contribution in [0.1, 0.15) is 37.3 Å². The summed E-state index contributed by atoms with van der Waals surface area (Å²) in [5, 5.41) is 3.19. The highest BCUT2D eigenvalue weighted by Crippen LogP contribution is 2.33. The second-order valence-electron chi connectivity index (χ2n) is 10.7. The van der Waals surface area contributed by atoms with E-state index in [1.54, 1.807) is 14.2 Å². The van der Waals surface area contributed by atoms with E-state index in [9.17, 15) is 18.0 Å². The Morgan fingerprint density at radius 2 is 1.88 bits per heavy atom. The van der Waals surface area contributed by atoms with Crippen molar-refractivity contribution in [2.45, 2.75) is 44.9 Å². The van der Waals surface area contributed by atoms with Crippen molar-refractivity contribution in [3.8, 4) is 17.2 Å². The number of methoxy groups -OCH3 is 2. The molecule has 0 aliphatic carbocycles. The van der Waals surface area contributed by atoms with Gasteiger partial charge in [-0.15, -0.1) is 0 Å². The highest BCUT2D eigenvalue weighted by Gasteiger charge is 2.34. The van der Waals surface area contributed by atoms with Gasteiger partial charge in [0.1, 0.15) is 5.75 Å². The number of alkyl halides is 3. The lowest BCUT2D eigenvalue weighted by molar-refractivity contribution is -0.137. The molecule has 3 atom stereocenters. The number of carbonyl (C=O) groups excluding carboxylic acids is 1. The highest BCUT2D eigenvalue weighted by atomic mass is 19.4. The summed E-state index contributed by atoms with van der Waals surface area (Å²) in [6.07, 6.45) is -1.60. The van der Waals surface area contributed by atoms with Crippen LogP contribution in [-0.4, -0.2) is 75.3 Å². The van der Waals surface area contributed by atoms with E-state index >= 15 is 0 Å². The molecular formula is C30H40F3N3O4. The van der Waals surface area contributed by atoms with Gasteiger partial charge in [0.05, 0.1) is 32.3 Å². The number of nitrogens with zero attached hydrogens (tertiary/aromatic N) is 2. The van der Waals surface area contributed by atoms with Crippen LogP contribution in [0.4, 0.5) is 13.2 Å². The zero-order valence-electron chi connectivity index (χ0n) is 23.5. The average molecular weight is 564 g/mol. The van der Waals surface area contributed by atoms with Crippen LogP contribution in [0, 0.1) is 11.8 Å². The minimum atomic E-state index is -4.43. The average Bonchev–Trinajstić information content (AvgIpc) is 3.42. The zero-order valence-corrected chi connectivity index (χ0v) is 23.5. The summed E-state index contributed by atoms with van der Waals surface area (Å²) in [5.74, 6) is 1.19. The number of carbonyl (C=O) groups is 1. The molecule has 2 fully saturated rings. The van der Waals surface area contributed by atoms with Crippen molar-refractivity contribution < 1.29 is 32.2 Å². The zero-order chi connectivity index (χ0) is 28.7. The number of nitrogens with one attached hydrogen (secondary N) is 1. The Morgan fingerprint density at radius 1 is 1.07 bits per heavy atom. The third-order valence-corrected chi connectivity index (χ3v) is 7.90. The molecular weight excluding hydrogens is 523 g/mol. The molecule has 2 aliphatic heterocycles. The molecule has 4 rings (SSSR count). The van der Waals surface area contributed by atoms with Crippen molar-refractivity contribution in [1.82, 2.24) is 15.1 Å².